The van der Waals surface area contributed by atoms with Crippen LogP contribution in [-0.2, 0) is 22.4 Å². The maximum Gasteiger partial charge on any atom is 0.491 e. The normalized spacial score (nSPS) is 14.1. The number of fused-ring (bicyclic) bond motifs is 1. The second kappa shape index (κ2) is 5.85. The molecule has 0 aliphatic carbocycles. The predicted octanol–water partition coefficient (Wildman–Crippen LogP) is 0.971. The Morgan fingerprint density at radius 3 is 2.95 bits per heavy atom. The molecular weight excluding hydrogens is 257 g/mol. The number of rotatable bonds is 3. The van der Waals surface area contributed by atoms with Crippen molar-refractivity contribution < 1.29 is 19.2 Å². The molecule has 1 aliphatic rings. The molecule has 1 amide bonds. The molecule has 1 aliphatic heterocycles. The molecule has 1 heterocycles. The predicted molar refractivity (Wildman–Crippen MR) is 76.8 cm³/mol. The van der Waals surface area contributed by atoms with Crippen molar-refractivity contribution >= 4 is 18.7 Å². The van der Waals surface area contributed by atoms with Gasteiger partial charge in [0.25, 0.3) is 0 Å². The van der Waals surface area contributed by atoms with E-state index in [1.165, 1.54) is 0 Å². The Labute approximate surface area is 119 Å². The van der Waals surface area contributed by atoms with Gasteiger partial charge in [-0.25, -0.2) is 4.79 Å². The Morgan fingerprint density at radius 1 is 1.50 bits per heavy atom. The van der Waals surface area contributed by atoms with Crippen LogP contribution in [0.3, 0.4) is 0 Å². The van der Waals surface area contributed by atoms with Gasteiger partial charge in [-0.3, -0.25) is 0 Å². The first-order valence-electron chi connectivity index (χ1n) is 6.73. The Kier molecular flexibility index (Phi) is 4.35. The Balaban J connectivity index is 1.83. The number of nitrogens with one attached hydrogen (secondary N) is 1. The highest BCUT2D eigenvalue weighted by Crippen LogP contribution is 2.11. The molecule has 0 fully saturated rings. The molecule has 2 N–H and O–H groups in total. The molecule has 6 heteroatoms. The van der Waals surface area contributed by atoms with E-state index in [0.29, 0.717) is 19.6 Å². The smallest absolute Gasteiger partial charge is 0.444 e. The van der Waals surface area contributed by atoms with Crippen molar-refractivity contribution in [2.45, 2.75) is 39.4 Å². The molecule has 0 bridgehead atoms. The topological polar surface area (TPSA) is 67.8 Å². The van der Waals surface area contributed by atoms with Gasteiger partial charge in [0, 0.05) is 6.54 Å². The fourth-order valence-corrected chi connectivity index (χ4v) is 2.04. The molecule has 0 saturated heterocycles. The molecule has 0 unspecified atom stereocenters. The van der Waals surface area contributed by atoms with Gasteiger partial charge in [0.2, 0.25) is 0 Å². The van der Waals surface area contributed by atoms with Crippen LogP contribution in [0, 0.1) is 0 Å². The molecule has 108 valence electrons. The number of carbonyl (C=O) groups is 1. The number of carbonyl (C=O) groups excluding carboxylic acids is 1. The van der Waals surface area contributed by atoms with Crippen molar-refractivity contribution in [3.05, 3.63) is 29.3 Å². The monoisotopic (exact) mass is 277 g/mol. The largest absolute Gasteiger partial charge is 0.491 e. The zero-order valence-corrected chi connectivity index (χ0v) is 12.1. The van der Waals surface area contributed by atoms with Crippen molar-refractivity contribution in [1.82, 2.24) is 5.32 Å². The van der Waals surface area contributed by atoms with Gasteiger partial charge in [-0.2, -0.15) is 0 Å². The van der Waals surface area contributed by atoms with Gasteiger partial charge >= 0.3 is 13.2 Å². The molecule has 0 spiro atoms. The van der Waals surface area contributed by atoms with E-state index in [-0.39, 0.29) is 0 Å². The van der Waals surface area contributed by atoms with Gasteiger partial charge in [0.05, 0.1) is 6.61 Å². The summed E-state index contributed by atoms with van der Waals surface area (Å²) in [5, 5.41) is 12.3. The van der Waals surface area contributed by atoms with E-state index in [1.807, 2.05) is 39.0 Å². The van der Waals surface area contributed by atoms with Crippen LogP contribution in [0.15, 0.2) is 18.2 Å². The van der Waals surface area contributed by atoms with E-state index >= 15 is 0 Å². The number of alkyl carbamates (subject to hydrolysis) is 1. The van der Waals surface area contributed by atoms with E-state index in [9.17, 15) is 9.82 Å². The highest BCUT2D eigenvalue weighted by Gasteiger charge is 2.27. The SMILES string of the molecule is CC(C)(C)OC(=O)NCCc1ccc2c(c1)B(O)OC2. The summed E-state index contributed by atoms with van der Waals surface area (Å²) < 4.78 is 10.3. The number of ether oxygens (including phenoxy) is 1. The van der Waals surface area contributed by atoms with Gasteiger partial charge in [-0.05, 0) is 43.8 Å². The standard InChI is InChI=1S/C14H20BNO4/c1-14(2,3)20-13(17)16-7-6-10-4-5-11-9-19-15(18)12(11)8-10/h4-5,8,18H,6-7,9H2,1-3H3,(H,16,17). The fourth-order valence-electron chi connectivity index (χ4n) is 2.04. The van der Waals surface area contributed by atoms with Crippen LogP contribution in [0.25, 0.3) is 0 Å². The lowest BCUT2D eigenvalue weighted by Crippen LogP contribution is -2.33. The lowest BCUT2D eigenvalue weighted by atomic mass is 9.78. The van der Waals surface area contributed by atoms with Crippen molar-refractivity contribution in [3.8, 4) is 0 Å². The van der Waals surface area contributed by atoms with E-state index < -0.39 is 18.8 Å². The van der Waals surface area contributed by atoms with E-state index in [4.69, 9.17) is 9.39 Å². The Hall–Kier alpha value is -1.53. The molecule has 5 nitrogen and oxygen atoms in total. The summed E-state index contributed by atoms with van der Waals surface area (Å²) in [5.74, 6) is 0. The zero-order valence-electron chi connectivity index (χ0n) is 12.1. The first-order chi connectivity index (χ1) is 9.35. The molecular formula is C14H20BNO4. The van der Waals surface area contributed by atoms with Crippen molar-refractivity contribution in [3.63, 3.8) is 0 Å². The van der Waals surface area contributed by atoms with Gasteiger partial charge in [-0.15, -0.1) is 0 Å². The lowest BCUT2D eigenvalue weighted by molar-refractivity contribution is 0.0528. The first-order valence-corrected chi connectivity index (χ1v) is 6.73. The summed E-state index contributed by atoms with van der Waals surface area (Å²) in [5.41, 5.74) is 2.39. The molecule has 0 radical (unpaired) electrons. The summed E-state index contributed by atoms with van der Waals surface area (Å²) >= 11 is 0. The third-order valence-electron chi connectivity index (χ3n) is 2.95. The van der Waals surface area contributed by atoms with Crippen LogP contribution in [0.4, 0.5) is 4.79 Å². The molecule has 20 heavy (non-hydrogen) atoms. The van der Waals surface area contributed by atoms with Crippen LogP contribution < -0.4 is 10.8 Å². The minimum atomic E-state index is -0.830. The molecule has 0 atom stereocenters. The summed E-state index contributed by atoms with van der Waals surface area (Å²) in [4.78, 5) is 11.5. The number of amides is 1. The van der Waals surface area contributed by atoms with E-state index in [2.05, 4.69) is 5.32 Å². The van der Waals surface area contributed by atoms with Crippen LogP contribution >= 0.6 is 0 Å². The fraction of sp³-hybridized carbons (Fsp3) is 0.500. The van der Waals surface area contributed by atoms with Crippen molar-refractivity contribution in [1.29, 1.82) is 0 Å². The summed E-state index contributed by atoms with van der Waals surface area (Å²) in [6.45, 7) is 6.43. The van der Waals surface area contributed by atoms with Crippen LogP contribution in [0.2, 0.25) is 0 Å². The van der Waals surface area contributed by atoms with Crippen molar-refractivity contribution in [2.24, 2.45) is 0 Å². The number of benzene rings is 1. The average Bonchev–Trinajstić information content (AvgIpc) is 2.69. The quantitative estimate of drug-likeness (QED) is 0.808. The second-order valence-corrected chi connectivity index (χ2v) is 5.88. The van der Waals surface area contributed by atoms with Crippen molar-refractivity contribution in [2.75, 3.05) is 6.54 Å². The second-order valence-electron chi connectivity index (χ2n) is 5.88. The summed E-state index contributed by atoms with van der Waals surface area (Å²) in [7, 11) is -0.830. The summed E-state index contributed by atoms with van der Waals surface area (Å²) in [6.07, 6.45) is 0.265. The van der Waals surface area contributed by atoms with Crippen LogP contribution in [0.1, 0.15) is 31.9 Å². The maximum absolute atomic E-state index is 11.5. The Morgan fingerprint density at radius 2 is 2.25 bits per heavy atom. The minimum absolute atomic E-state index is 0.415. The zero-order chi connectivity index (χ0) is 14.8. The Bertz CT molecular complexity index is 498. The lowest BCUT2D eigenvalue weighted by Gasteiger charge is -2.19. The molecule has 2 rings (SSSR count). The van der Waals surface area contributed by atoms with Gasteiger partial charge < -0.3 is 19.7 Å². The van der Waals surface area contributed by atoms with Crippen LogP contribution in [0.5, 0.6) is 0 Å². The first kappa shape index (κ1) is 14.9. The van der Waals surface area contributed by atoms with E-state index in [0.717, 1.165) is 16.6 Å². The minimum Gasteiger partial charge on any atom is -0.444 e. The highest BCUT2D eigenvalue weighted by molar-refractivity contribution is 6.61. The average molecular weight is 277 g/mol. The molecule has 0 aromatic heterocycles. The van der Waals surface area contributed by atoms with Gasteiger partial charge in [0.1, 0.15) is 5.60 Å². The number of hydrogen-bond acceptors (Lipinski definition) is 4. The third-order valence-corrected chi connectivity index (χ3v) is 2.95. The third kappa shape index (κ3) is 3.98. The molecule has 0 saturated carbocycles. The highest BCUT2D eigenvalue weighted by atomic mass is 16.6. The van der Waals surface area contributed by atoms with E-state index in [1.54, 1.807) is 0 Å². The van der Waals surface area contributed by atoms with Crippen LogP contribution in [-0.4, -0.2) is 30.4 Å². The van der Waals surface area contributed by atoms with Gasteiger partial charge in [0.15, 0.2) is 0 Å². The molecule has 1 aromatic carbocycles. The maximum atomic E-state index is 11.5. The summed E-state index contributed by atoms with van der Waals surface area (Å²) in [6, 6.07) is 5.86. The number of hydrogen-bond donors (Lipinski definition) is 2. The molecule has 1 aromatic rings. The van der Waals surface area contributed by atoms with Gasteiger partial charge in [-0.1, -0.05) is 18.2 Å².